The number of hydrogen-bond acceptors (Lipinski definition) is 3. The molecule has 0 bridgehead atoms. The van der Waals surface area contributed by atoms with Gasteiger partial charge in [0.2, 0.25) is 0 Å². The number of furan rings is 2. The molecule has 12 aromatic rings. The molecule has 12 rings (SSSR count). The maximum atomic E-state index is 6.40. The Morgan fingerprint density at radius 2 is 0.857 bits per heavy atom. The number of para-hydroxylation sites is 3. The summed E-state index contributed by atoms with van der Waals surface area (Å²) in [5, 5.41) is 8.07. The highest BCUT2D eigenvalue weighted by molar-refractivity contribution is 6.12. The SMILES string of the molecule is c1ccc(-c2c3ccccc3n3c(-c4ccc(N(c5ccc6c(c5)oc5ccccc56)c5ccc6c(c5)oc5ccccc56)cc4)c4ccccc4cc23)cc1. The normalized spacial score (nSPS) is 11.9. The summed E-state index contributed by atoms with van der Waals surface area (Å²) in [5.41, 5.74) is 13.6. The third kappa shape index (κ3) is 4.60. The van der Waals surface area contributed by atoms with Gasteiger partial charge in [0.1, 0.15) is 22.3 Å². The van der Waals surface area contributed by atoms with E-state index >= 15 is 0 Å². The topological polar surface area (TPSA) is 33.9 Å². The second kappa shape index (κ2) is 12.0. The molecule has 0 aliphatic rings. The Hall–Kier alpha value is -7.56. The van der Waals surface area contributed by atoms with Crippen LogP contribution in [0, 0.1) is 0 Å². The summed E-state index contributed by atoms with van der Waals surface area (Å²) in [6.07, 6.45) is 0. The van der Waals surface area contributed by atoms with E-state index in [1.54, 1.807) is 0 Å². The van der Waals surface area contributed by atoms with Crippen LogP contribution in [0.2, 0.25) is 0 Å². The molecule has 0 atom stereocenters. The van der Waals surface area contributed by atoms with Gasteiger partial charge in [-0.05, 0) is 77.2 Å². The minimum atomic E-state index is 0.849. The zero-order valence-corrected chi connectivity index (χ0v) is 30.2. The lowest BCUT2D eigenvalue weighted by atomic mass is 10.00. The van der Waals surface area contributed by atoms with Crippen LogP contribution in [0.3, 0.4) is 0 Å². The van der Waals surface area contributed by atoms with Crippen LogP contribution in [0.15, 0.2) is 203 Å². The first kappa shape index (κ1) is 30.9. The molecule has 4 nitrogen and oxygen atoms in total. The van der Waals surface area contributed by atoms with Crippen LogP contribution in [0.1, 0.15) is 0 Å². The van der Waals surface area contributed by atoms with Crippen LogP contribution < -0.4 is 4.90 Å². The fourth-order valence-corrected chi connectivity index (χ4v) is 8.86. The first-order chi connectivity index (χ1) is 27.8. The number of anilines is 3. The number of hydrogen-bond donors (Lipinski definition) is 0. The molecule has 0 amide bonds. The molecule has 262 valence electrons. The summed E-state index contributed by atoms with van der Waals surface area (Å²) >= 11 is 0. The number of nitrogens with zero attached hydrogens (tertiary/aromatic N) is 2. The highest BCUT2D eigenvalue weighted by Crippen LogP contribution is 2.44. The predicted molar refractivity (Wildman–Crippen MR) is 233 cm³/mol. The molecule has 0 aliphatic carbocycles. The molecule has 0 saturated carbocycles. The van der Waals surface area contributed by atoms with Crippen molar-refractivity contribution in [2.45, 2.75) is 0 Å². The van der Waals surface area contributed by atoms with Crippen molar-refractivity contribution < 1.29 is 8.83 Å². The number of pyridine rings is 1. The summed E-state index contributed by atoms with van der Waals surface area (Å²) in [6, 6.07) is 69.1. The van der Waals surface area contributed by atoms with E-state index in [2.05, 4.69) is 179 Å². The van der Waals surface area contributed by atoms with Gasteiger partial charge in [-0.1, -0.05) is 121 Å². The van der Waals surface area contributed by atoms with E-state index < -0.39 is 0 Å². The van der Waals surface area contributed by atoms with Crippen LogP contribution in [-0.2, 0) is 0 Å². The molecule has 0 spiro atoms. The van der Waals surface area contributed by atoms with Crippen molar-refractivity contribution in [3.63, 3.8) is 0 Å². The molecule has 0 aliphatic heterocycles. The van der Waals surface area contributed by atoms with Gasteiger partial charge in [-0.15, -0.1) is 0 Å². The molecule has 4 heteroatoms. The molecule has 8 aromatic carbocycles. The Kier molecular flexibility index (Phi) is 6.60. The lowest BCUT2D eigenvalue weighted by molar-refractivity contribution is 0.669. The summed E-state index contributed by atoms with van der Waals surface area (Å²) < 4.78 is 15.3. The van der Waals surface area contributed by atoms with Gasteiger partial charge in [0.05, 0.1) is 16.7 Å². The molecular weight excluding hydrogens is 685 g/mol. The summed E-state index contributed by atoms with van der Waals surface area (Å²) in [6.45, 7) is 0. The molecule has 56 heavy (non-hydrogen) atoms. The van der Waals surface area contributed by atoms with Gasteiger partial charge >= 0.3 is 0 Å². The average Bonchev–Trinajstić information content (AvgIpc) is 3.92. The number of benzene rings is 8. The molecule has 0 N–H and O–H groups in total. The van der Waals surface area contributed by atoms with Crippen molar-refractivity contribution in [3.05, 3.63) is 194 Å². The van der Waals surface area contributed by atoms with Crippen molar-refractivity contribution in [1.82, 2.24) is 4.40 Å². The van der Waals surface area contributed by atoms with Gasteiger partial charge in [-0.2, -0.15) is 0 Å². The van der Waals surface area contributed by atoms with Crippen LogP contribution in [0.5, 0.6) is 0 Å². The Labute approximate surface area is 321 Å². The highest BCUT2D eigenvalue weighted by Gasteiger charge is 2.21. The molecule has 0 unspecified atom stereocenters. The Balaban J connectivity index is 1.07. The molecule has 0 saturated heterocycles. The van der Waals surface area contributed by atoms with Gasteiger partial charge in [0, 0.05) is 67.1 Å². The van der Waals surface area contributed by atoms with Crippen LogP contribution >= 0.6 is 0 Å². The molecule has 0 fully saturated rings. The van der Waals surface area contributed by atoms with Gasteiger partial charge in [0.15, 0.2) is 0 Å². The number of aromatic nitrogens is 1. The molecular formula is C52H32N2O2. The fraction of sp³-hybridized carbons (Fsp3) is 0. The Bertz CT molecular complexity index is 3370. The molecule has 4 heterocycles. The minimum absolute atomic E-state index is 0.849. The van der Waals surface area contributed by atoms with E-state index in [-0.39, 0.29) is 0 Å². The Morgan fingerprint density at radius 1 is 0.339 bits per heavy atom. The smallest absolute Gasteiger partial charge is 0.137 e. The monoisotopic (exact) mass is 716 g/mol. The quantitative estimate of drug-likeness (QED) is 0.178. The first-order valence-electron chi connectivity index (χ1n) is 19.0. The van der Waals surface area contributed by atoms with Crippen molar-refractivity contribution in [3.8, 4) is 22.4 Å². The van der Waals surface area contributed by atoms with E-state index in [1.165, 1.54) is 44.0 Å². The van der Waals surface area contributed by atoms with Crippen molar-refractivity contribution in [1.29, 1.82) is 0 Å². The largest absolute Gasteiger partial charge is 0.456 e. The van der Waals surface area contributed by atoms with Gasteiger partial charge < -0.3 is 18.1 Å². The van der Waals surface area contributed by atoms with E-state index in [0.717, 1.165) is 66.5 Å². The van der Waals surface area contributed by atoms with Crippen molar-refractivity contribution >= 4 is 88.1 Å². The Morgan fingerprint density at radius 3 is 1.52 bits per heavy atom. The standard InChI is InChI=1S/C52H32N2O2/c1-2-12-33(13-3-1)51-44-18-6-9-19-45(44)54-46(51)30-35-14-4-5-15-39(35)52(54)34-22-24-36(25-23-34)53(37-26-28-42-40-16-7-10-20-47(40)55-49(42)31-37)38-27-29-43-41-17-8-11-21-48(41)56-50(43)32-38/h1-32H. The van der Waals surface area contributed by atoms with Crippen molar-refractivity contribution in [2.75, 3.05) is 4.90 Å². The van der Waals surface area contributed by atoms with E-state index in [1.807, 2.05) is 24.3 Å². The first-order valence-corrected chi connectivity index (χ1v) is 19.0. The van der Waals surface area contributed by atoms with E-state index in [4.69, 9.17) is 8.83 Å². The lowest BCUT2D eigenvalue weighted by Gasteiger charge is -2.26. The average molecular weight is 717 g/mol. The van der Waals surface area contributed by atoms with Gasteiger partial charge in [0.25, 0.3) is 0 Å². The maximum Gasteiger partial charge on any atom is 0.137 e. The zero-order chi connectivity index (χ0) is 36.7. The highest BCUT2D eigenvalue weighted by atomic mass is 16.3. The van der Waals surface area contributed by atoms with E-state index in [0.29, 0.717) is 0 Å². The minimum Gasteiger partial charge on any atom is -0.456 e. The summed E-state index contributed by atoms with van der Waals surface area (Å²) in [4.78, 5) is 2.29. The predicted octanol–water partition coefficient (Wildman–Crippen LogP) is 14.8. The van der Waals surface area contributed by atoms with Gasteiger partial charge in [-0.3, -0.25) is 0 Å². The van der Waals surface area contributed by atoms with Crippen LogP contribution in [0.25, 0.3) is 93.5 Å². The third-order valence-electron chi connectivity index (χ3n) is 11.3. The lowest BCUT2D eigenvalue weighted by Crippen LogP contribution is -2.09. The van der Waals surface area contributed by atoms with Gasteiger partial charge in [-0.25, -0.2) is 0 Å². The van der Waals surface area contributed by atoms with Crippen LogP contribution in [-0.4, -0.2) is 4.40 Å². The van der Waals surface area contributed by atoms with E-state index in [9.17, 15) is 0 Å². The molecule has 4 aromatic heterocycles. The number of rotatable bonds is 5. The zero-order valence-electron chi connectivity index (χ0n) is 30.2. The third-order valence-corrected chi connectivity index (χ3v) is 11.3. The maximum absolute atomic E-state index is 6.40. The fourth-order valence-electron chi connectivity index (χ4n) is 8.86. The second-order valence-electron chi connectivity index (χ2n) is 14.5. The summed E-state index contributed by atoms with van der Waals surface area (Å²) in [5.74, 6) is 0. The second-order valence-corrected chi connectivity index (χ2v) is 14.5. The number of fused-ring (bicyclic) bond motifs is 10. The van der Waals surface area contributed by atoms with Crippen molar-refractivity contribution in [2.24, 2.45) is 0 Å². The molecule has 0 radical (unpaired) electrons. The summed E-state index contributed by atoms with van der Waals surface area (Å²) in [7, 11) is 0. The van der Waals surface area contributed by atoms with Crippen LogP contribution in [0.4, 0.5) is 17.1 Å².